The highest BCUT2D eigenvalue weighted by molar-refractivity contribution is 7.86. The summed E-state index contributed by atoms with van der Waals surface area (Å²) in [5.74, 6) is 0.427. The molecule has 0 bridgehead atoms. The van der Waals surface area contributed by atoms with Gasteiger partial charge in [-0.1, -0.05) is 24.6 Å². The number of hydrogen-bond acceptors (Lipinski definition) is 3. The zero-order valence-corrected chi connectivity index (χ0v) is 11.1. The minimum absolute atomic E-state index is 0.254. The second kappa shape index (κ2) is 5.51. The van der Waals surface area contributed by atoms with Crippen molar-refractivity contribution < 1.29 is 17.7 Å². The topological polar surface area (TPSA) is 63.6 Å². The Labute approximate surface area is 102 Å². The quantitative estimate of drug-likeness (QED) is 0.823. The van der Waals surface area contributed by atoms with Crippen molar-refractivity contribution in [2.24, 2.45) is 5.92 Å². The lowest BCUT2D eigenvalue weighted by Gasteiger charge is -2.17. The molecule has 96 valence electrons. The van der Waals surface area contributed by atoms with Crippen molar-refractivity contribution in [3.05, 3.63) is 29.8 Å². The second-order valence-electron chi connectivity index (χ2n) is 4.32. The fourth-order valence-electron chi connectivity index (χ4n) is 1.29. The Morgan fingerprint density at radius 1 is 1.24 bits per heavy atom. The zero-order valence-electron chi connectivity index (χ0n) is 10.3. The Morgan fingerprint density at radius 3 is 2.24 bits per heavy atom. The first-order chi connectivity index (χ1) is 7.80. The maximum atomic E-state index is 10.9. The maximum absolute atomic E-state index is 10.9. The summed E-state index contributed by atoms with van der Waals surface area (Å²) in [6, 6.07) is 7.51. The van der Waals surface area contributed by atoms with Crippen LogP contribution in [-0.4, -0.2) is 24.8 Å². The van der Waals surface area contributed by atoms with Crippen LogP contribution in [0.4, 0.5) is 0 Å². The summed E-state index contributed by atoms with van der Waals surface area (Å²) in [7, 11) is -3.99. The molecule has 1 rings (SSSR count). The lowest BCUT2D eigenvalue weighted by molar-refractivity contribution is 0.254. The Kier molecular flexibility index (Phi) is 4.54. The third kappa shape index (κ3) is 4.36. The summed E-state index contributed by atoms with van der Waals surface area (Å²) in [5.41, 5.74) is 1.14. The number of benzene rings is 1. The number of hydrogen-bond donors (Lipinski definition) is 1. The van der Waals surface area contributed by atoms with Crippen molar-refractivity contribution >= 4 is 10.1 Å². The molecule has 0 fully saturated rings. The molecule has 1 aromatic carbocycles. The third-order valence-electron chi connectivity index (χ3n) is 2.81. The van der Waals surface area contributed by atoms with E-state index in [2.05, 4.69) is 0 Å². The van der Waals surface area contributed by atoms with Gasteiger partial charge in [0.15, 0.2) is 0 Å². The van der Waals surface area contributed by atoms with Crippen LogP contribution < -0.4 is 4.74 Å². The molecular weight excluding hydrogens is 240 g/mol. The number of rotatable bonds is 5. The molecule has 0 aliphatic heterocycles. The van der Waals surface area contributed by atoms with Crippen LogP contribution in [0.5, 0.6) is 5.75 Å². The largest absolute Gasteiger partial charge is 0.493 e. The lowest BCUT2D eigenvalue weighted by Crippen LogP contribution is -2.28. The Morgan fingerprint density at radius 2 is 1.76 bits per heavy atom. The van der Waals surface area contributed by atoms with Crippen molar-refractivity contribution in [3.8, 4) is 5.75 Å². The van der Waals surface area contributed by atoms with Crippen LogP contribution in [0.1, 0.15) is 19.4 Å². The van der Waals surface area contributed by atoms with E-state index < -0.39 is 15.4 Å². The van der Waals surface area contributed by atoms with Crippen LogP contribution in [0.15, 0.2) is 24.3 Å². The highest BCUT2D eigenvalue weighted by atomic mass is 32.2. The van der Waals surface area contributed by atoms with Gasteiger partial charge in [0, 0.05) is 5.92 Å². The minimum Gasteiger partial charge on any atom is -0.493 e. The fourth-order valence-corrected chi connectivity index (χ4v) is 1.96. The molecule has 0 aliphatic carbocycles. The van der Waals surface area contributed by atoms with Crippen LogP contribution in [0.25, 0.3) is 0 Å². The number of aryl methyl sites for hydroxylation is 1. The molecule has 2 unspecified atom stereocenters. The van der Waals surface area contributed by atoms with E-state index in [1.54, 1.807) is 6.92 Å². The van der Waals surface area contributed by atoms with Crippen LogP contribution >= 0.6 is 0 Å². The third-order valence-corrected chi connectivity index (χ3v) is 4.21. The van der Waals surface area contributed by atoms with Crippen LogP contribution in [0.3, 0.4) is 0 Å². The maximum Gasteiger partial charge on any atom is 0.267 e. The van der Waals surface area contributed by atoms with E-state index in [1.165, 1.54) is 6.92 Å². The summed E-state index contributed by atoms with van der Waals surface area (Å²) in [6.07, 6.45) is 0. The zero-order chi connectivity index (χ0) is 13.1. The van der Waals surface area contributed by atoms with Crippen LogP contribution in [-0.2, 0) is 10.1 Å². The van der Waals surface area contributed by atoms with E-state index in [0.29, 0.717) is 5.75 Å². The average Bonchev–Trinajstić information content (AvgIpc) is 2.25. The molecule has 0 radical (unpaired) electrons. The molecule has 0 saturated heterocycles. The Hall–Kier alpha value is -1.07. The first-order valence-electron chi connectivity index (χ1n) is 5.46. The van der Waals surface area contributed by atoms with Gasteiger partial charge in [-0.3, -0.25) is 4.55 Å². The SMILES string of the molecule is Cc1ccc(OCC(C)C(C)S(=O)(=O)O)cc1. The molecule has 0 heterocycles. The molecule has 0 aliphatic rings. The summed E-state index contributed by atoms with van der Waals surface area (Å²) in [4.78, 5) is 0. The Bertz CT molecular complexity index is 450. The summed E-state index contributed by atoms with van der Waals surface area (Å²) < 4.78 is 36.2. The standard InChI is InChI=1S/C12H18O4S/c1-9-4-6-12(7-5-9)16-8-10(2)11(3)17(13,14)15/h4-7,10-11H,8H2,1-3H3,(H,13,14,15). The van der Waals surface area contributed by atoms with Gasteiger partial charge >= 0.3 is 0 Å². The van der Waals surface area contributed by atoms with Crippen LogP contribution in [0, 0.1) is 12.8 Å². The van der Waals surface area contributed by atoms with Gasteiger partial charge in [-0.25, -0.2) is 0 Å². The Balaban J connectivity index is 2.54. The molecule has 0 spiro atoms. The highest BCUT2D eigenvalue weighted by Crippen LogP contribution is 2.16. The predicted molar refractivity (Wildman–Crippen MR) is 66.8 cm³/mol. The summed E-state index contributed by atoms with van der Waals surface area (Å²) in [5, 5.41) is -0.826. The first kappa shape index (κ1) is 14.0. The molecule has 0 amide bonds. The van der Waals surface area contributed by atoms with E-state index in [4.69, 9.17) is 9.29 Å². The predicted octanol–water partition coefficient (Wildman–Crippen LogP) is 2.29. The van der Waals surface area contributed by atoms with Gasteiger partial charge in [0.25, 0.3) is 10.1 Å². The van der Waals surface area contributed by atoms with Gasteiger partial charge in [0.1, 0.15) is 5.75 Å². The smallest absolute Gasteiger partial charge is 0.267 e. The molecular formula is C12H18O4S. The first-order valence-corrected chi connectivity index (χ1v) is 6.97. The van der Waals surface area contributed by atoms with Gasteiger partial charge in [-0.2, -0.15) is 8.42 Å². The molecule has 0 saturated carbocycles. The molecule has 0 aromatic heterocycles. The number of ether oxygens (including phenoxy) is 1. The summed E-state index contributed by atoms with van der Waals surface area (Å²) in [6.45, 7) is 5.43. The van der Waals surface area contributed by atoms with E-state index in [9.17, 15) is 8.42 Å². The average molecular weight is 258 g/mol. The lowest BCUT2D eigenvalue weighted by atomic mass is 10.1. The van der Waals surface area contributed by atoms with E-state index in [-0.39, 0.29) is 12.5 Å². The molecule has 1 aromatic rings. The molecule has 2 atom stereocenters. The highest BCUT2D eigenvalue weighted by Gasteiger charge is 2.24. The van der Waals surface area contributed by atoms with E-state index in [0.717, 1.165) is 5.56 Å². The van der Waals surface area contributed by atoms with Crippen molar-refractivity contribution in [1.82, 2.24) is 0 Å². The van der Waals surface area contributed by atoms with Gasteiger partial charge in [-0.15, -0.1) is 0 Å². The van der Waals surface area contributed by atoms with Gasteiger partial charge < -0.3 is 4.74 Å². The monoisotopic (exact) mass is 258 g/mol. The minimum atomic E-state index is -3.99. The molecule has 4 nitrogen and oxygen atoms in total. The molecule has 17 heavy (non-hydrogen) atoms. The summed E-state index contributed by atoms with van der Waals surface area (Å²) >= 11 is 0. The van der Waals surface area contributed by atoms with Crippen molar-refractivity contribution in [2.45, 2.75) is 26.0 Å². The van der Waals surface area contributed by atoms with E-state index in [1.807, 2.05) is 31.2 Å². The van der Waals surface area contributed by atoms with Crippen molar-refractivity contribution in [3.63, 3.8) is 0 Å². The van der Waals surface area contributed by atoms with Crippen molar-refractivity contribution in [2.75, 3.05) is 6.61 Å². The van der Waals surface area contributed by atoms with Crippen LogP contribution in [0.2, 0.25) is 0 Å². The molecule has 1 N–H and O–H groups in total. The van der Waals surface area contributed by atoms with Gasteiger partial charge in [-0.05, 0) is 26.0 Å². The van der Waals surface area contributed by atoms with Crippen molar-refractivity contribution in [1.29, 1.82) is 0 Å². The molecule has 5 heteroatoms. The van der Waals surface area contributed by atoms with Gasteiger partial charge in [0.2, 0.25) is 0 Å². The fraction of sp³-hybridized carbons (Fsp3) is 0.500. The van der Waals surface area contributed by atoms with E-state index >= 15 is 0 Å². The second-order valence-corrected chi connectivity index (χ2v) is 6.09. The normalized spacial score (nSPS) is 15.3. The van der Waals surface area contributed by atoms with Gasteiger partial charge in [0.05, 0.1) is 11.9 Å².